The topological polar surface area (TPSA) is 28.5 Å². The summed E-state index contributed by atoms with van der Waals surface area (Å²) < 4.78 is 2.21. The van der Waals surface area contributed by atoms with Crippen LogP contribution < -0.4 is 0 Å². The lowest BCUT2D eigenvalue weighted by Gasteiger charge is -2.39. The third-order valence-electron chi connectivity index (χ3n) is 4.81. The van der Waals surface area contributed by atoms with Crippen LogP contribution in [0, 0.1) is 13.8 Å². The van der Waals surface area contributed by atoms with Crippen LogP contribution in [0.2, 0.25) is 0 Å². The van der Waals surface area contributed by atoms with E-state index in [1.54, 1.807) is 0 Å². The Labute approximate surface area is 128 Å². The van der Waals surface area contributed by atoms with Crippen molar-refractivity contribution in [3.63, 3.8) is 0 Å². The van der Waals surface area contributed by atoms with E-state index in [2.05, 4.69) is 49.0 Å². The molecule has 2 heterocycles. The van der Waals surface area contributed by atoms with Gasteiger partial charge in [-0.15, -0.1) is 0 Å². The molecule has 1 atom stereocenters. The molecule has 1 saturated heterocycles. The summed E-state index contributed by atoms with van der Waals surface area (Å²) in [6, 6.07) is 2.59. The van der Waals surface area contributed by atoms with Crippen LogP contribution in [-0.4, -0.2) is 58.9 Å². The highest BCUT2D eigenvalue weighted by Gasteiger charge is 2.25. The normalized spacial score (nSPS) is 20.9. The highest BCUT2D eigenvalue weighted by atomic mass is 16.1. The summed E-state index contributed by atoms with van der Waals surface area (Å²) in [6.45, 7) is 16.4. The highest BCUT2D eigenvalue weighted by molar-refractivity contribution is 5.99. The molecule has 1 aliphatic rings. The van der Waals surface area contributed by atoms with E-state index in [1.807, 2.05) is 6.07 Å². The molecule has 0 N–H and O–H groups in total. The van der Waals surface area contributed by atoms with E-state index >= 15 is 0 Å². The predicted octanol–water partition coefficient (Wildman–Crippen LogP) is 2.33. The first-order chi connectivity index (χ1) is 9.97. The molecule has 118 valence electrons. The number of aryl methyl sites for hydroxylation is 1. The molecule has 0 spiro atoms. The highest BCUT2D eigenvalue weighted by Crippen LogP contribution is 2.17. The summed E-state index contributed by atoms with van der Waals surface area (Å²) in [5.41, 5.74) is 3.20. The molecule has 0 aromatic carbocycles. The number of piperazine rings is 1. The average molecular weight is 291 g/mol. The fourth-order valence-electron chi connectivity index (χ4n) is 3.54. The Balaban J connectivity index is 2.02. The minimum Gasteiger partial charge on any atom is -0.349 e. The quantitative estimate of drug-likeness (QED) is 0.780. The molecule has 1 fully saturated rings. The zero-order valence-electron chi connectivity index (χ0n) is 14.1. The molecule has 4 nitrogen and oxygen atoms in total. The van der Waals surface area contributed by atoms with Gasteiger partial charge in [0.15, 0.2) is 5.78 Å². The summed E-state index contributed by atoms with van der Waals surface area (Å²) in [4.78, 5) is 17.4. The first kappa shape index (κ1) is 16.2. The molecule has 1 aromatic heterocycles. The summed E-state index contributed by atoms with van der Waals surface area (Å²) in [7, 11) is 0. The molecule has 2 rings (SSSR count). The second-order valence-electron chi connectivity index (χ2n) is 6.16. The third-order valence-corrected chi connectivity index (χ3v) is 4.81. The van der Waals surface area contributed by atoms with Crippen LogP contribution in [0.1, 0.15) is 42.5 Å². The van der Waals surface area contributed by atoms with Gasteiger partial charge < -0.3 is 4.57 Å². The van der Waals surface area contributed by atoms with Gasteiger partial charge in [0, 0.05) is 49.2 Å². The fourth-order valence-corrected chi connectivity index (χ4v) is 3.54. The van der Waals surface area contributed by atoms with Gasteiger partial charge in [-0.2, -0.15) is 0 Å². The second kappa shape index (κ2) is 6.75. The van der Waals surface area contributed by atoms with Gasteiger partial charge in [-0.3, -0.25) is 14.6 Å². The number of rotatable bonds is 5. The monoisotopic (exact) mass is 291 g/mol. The Morgan fingerprint density at radius 3 is 2.48 bits per heavy atom. The smallest absolute Gasteiger partial charge is 0.178 e. The lowest BCUT2D eigenvalue weighted by atomic mass is 10.1. The van der Waals surface area contributed by atoms with E-state index in [1.165, 1.54) is 5.69 Å². The number of aromatic nitrogens is 1. The second-order valence-corrected chi connectivity index (χ2v) is 6.16. The van der Waals surface area contributed by atoms with Crippen LogP contribution in [0.15, 0.2) is 6.07 Å². The number of Topliss-reactive ketones (excluding diaryl/α,β-unsaturated/α-hetero) is 1. The van der Waals surface area contributed by atoms with Gasteiger partial charge in [-0.25, -0.2) is 0 Å². The number of hydrogen-bond acceptors (Lipinski definition) is 3. The summed E-state index contributed by atoms with van der Waals surface area (Å²) >= 11 is 0. The molecule has 4 heteroatoms. The molecule has 0 aliphatic carbocycles. The number of carbonyl (C=O) groups is 1. The van der Waals surface area contributed by atoms with Gasteiger partial charge in [0.1, 0.15) is 0 Å². The van der Waals surface area contributed by atoms with E-state index in [-0.39, 0.29) is 5.78 Å². The zero-order chi connectivity index (χ0) is 15.6. The van der Waals surface area contributed by atoms with Crippen LogP contribution in [0.4, 0.5) is 0 Å². The number of carbonyl (C=O) groups excluding carboxylic acids is 1. The van der Waals surface area contributed by atoms with Crippen molar-refractivity contribution >= 4 is 5.78 Å². The Morgan fingerprint density at radius 2 is 1.95 bits per heavy atom. The van der Waals surface area contributed by atoms with E-state index in [0.29, 0.717) is 12.6 Å². The third kappa shape index (κ3) is 3.38. The standard InChI is InChI=1S/C17H29N3O/c1-6-19-9-8-18(11-14(19)4)12-17(21)16-10-13(3)20(7-2)15(16)5/h10,14H,6-9,11-12H2,1-5H3. The molecule has 0 radical (unpaired) electrons. The average Bonchev–Trinajstić information content (AvgIpc) is 2.73. The lowest BCUT2D eigenvalue weighted by molar-refractivity contribution is 0.0722. The van der Waals surface area contributed by atoms with Crippen molar-refractivity contribution in [1.82, 2.24) is 14.4 Å². The Morgan fingerprint density at radius 1 is 1.24 bits per heavy atom. The molecule has 1 aliphatic heterocycles. The van der Waals surface area contributed by atoms with Crippen molar-refractivity contribution in [3.8, 4) is 0 Å². The SMILES string of the molecule is CCN1CCN(CC(=O)c2cc(C)n(CC)c2C)CC1C. The van der Waals surface area contributed by atoms with Crippen molar-refractivity contribution in [2.75, 3.05) is 32.7 Å². The number of ketones is 1. The Bertz CT molecular complexity index is 506. The Hall–Kier alpha value is -1.13. The summed E-state index contributed by atoms with van der Waals surface area (Å²) in [6.07, 6.45) is 0. The fraction of sp³-hybridized carbons (Fsp3) is 0.706. The predicted molar refractivity (Wildman–Crippen MR) is 87.1 cm³/mol. The van der Waals surface area contributed by atoms with Crippen LogP contribution in [0.3, 0.4) is 0 Å². The van der Waals surface area contributed by atoms with Crippen molar-refractivity contribution < 1.29 is 4.79 Å². The van der Waals surface area contributed by atoms with Crippen molar-refractivity contribution in [3.05, 3.63) is 23.0 Å². The molecular weight excluding hydrogens is 262 g/mol. The maximum Gasteiger partial charge on any atom is 0.178 e. The molecular formula is C17H29N3O. The maximum atomic E-state index is 12.6. The first-order valence-electron chi connectivity index (χ1n) is 8.14. The molecule has 0 amide bonds. The van der Waals surface area contributed by atoms with Gasteiger partial charge in [0.05, 0.1) is 6.54 Å². The number of hydrogen-bond donors (Lipinski definition) is 0. The van der Waals surface area contributed by atoms with E-state index in [4.69, 9.17) is 0 Å². The Kier molecular flexibility index (Phi) is 5.22. The van der Waals surface area contributed by atoms with E-state index in [0.717, 1.165) is 44.0 Å². The molecule has 21 heavy (non-hydrogen) atoms. The van der Waals surface area contributed by atoms with Crippen LogP contribution in [0.5, 0.6) is 0 Å². The van der Waals surface area contributed by atoms with Gasteiger partial charge in [0.25, 0.3) is 0 Å². The van der Waals surface area contributed by atoms with Crippen molar-refractivity contribution in [2.24, 2.45) is 0 Å². The summed E-state index contributed by atoms with van der Waals surface area (Å²) in [5, 5.41) is 0. The van der Waals surface area contributed by atoms with Gasteiger partial charge in [0.2, 0.25) is 0 Å². The van der Waals surface area contributed by atoms with Crippen LogP contribution in [0.25, 0.3) is 0 Å². The number of likely N-dealkylation sites (N-methyl/N-ethyl adjacent to an activating group) is 1. The molecule has 0 saturated carbocycles. The minimum absolute atomic E-state index is 0.264. The van der Waals surface area contributed by atoms with Gasteiger partial charge in [-0.05, 0) is 40.3 Å². The summed E-state index contributed by atoms with van der Waals surface area (Å²) in [5.74, 6) is 0.264. The molecule has 0 bridgehead atoms. The lowest BCUT2D eigenvalue weighted by Crippen LogP contribution is -2.52. The molecule has 1 unspecified atom stereocenters. The van der Waals surface area contributed by atoms with Gasteiger partial charge >= 0.3 is 0 Å². The van der Waals surface area contributed by atoms with E-state index in [9.17, 15) is 4.79 Å². The van der Waals surface area contributed by atoms with Crippen molar-refractivity contribution in [1.29, 1.82) is 0 Å². The number of nitrogens with zero attached hydrogens (tertiary/aromatic N) is 3. The van der Waals surface area contributed by atoms with E-state index < -0.39 is 0 Å². The maximum absolute atomic E-state index is 12.6. The zero-order valence-corrected chi connectivity index (χ0v) is 14.1. The van der Waals surface area contributed by atoms with Crippen molar-refractivity contribution in [2.45, 2.75) is 47.2 Å². The minimum atomic E-state index is 0.264. The largest absolute Gasteiger partial charge is 0.349 e. The van der Waals surface area contributed by atoms with Crippen LogP contribution in [-0.2, 0) is 6.54 Å². The first-order valence-corrected chi connectivity index (χ1v) is 8.14. The van der Waals surface area contributed by atoms with Crippen LogP contribution >= 0.6 is 0 Å². The molecule has 1 aromatic rings. The van der Waals surface area contributed by atoms with Gasteiger partial charge in [-0.1, -0.05) is 6.92 Å².